The molecular weight excluding hydrogens is 1010 g/mol. The first-order chi connectivity index (χ1) is 40.6. The molecule has 0 N–H and O–H groups in total. The zero-order valence-corrected chi connectivity index (χ0v) is 45.6. The summed E-state index contributed by atoms with van der Waals surface area (Å²) in [5.41, 5.74) is 14.5. The summed E-state index contributed by atoms with van der Waals surface area (Å²) in [5.74, 6) is 0. The number of hydrogen-bond donors (Lipinski definition) is 0. The topological polar surface area (TPSA) is 25.2 Å². The van der Waals surface area contributed by atoms with Gasteiger partial charge in [-0.1, -0.05) is 164 Å². The van der Waals surface area contributed by atoms with Crippen LogP contribution in [0, 0.1) is 0 Å². The number of thiophene rings is 1. The number of aliphatic imine (C=N–C) groups is 1. The summed E-state index contributed by atoms with van der Waals surface area (Å²) in [4.78, 5) is 4.95. The summed E-state index contributed by atoms with van der Waals surface area (Å²) in [7, 11) is 0. The number of benzene rings is 14. The van der Waals surface area contributed by atoms with Gasteiger partial charge in [-0.2, -0.15) is 4.58 Å². The van der Waals surface area contributed by atoms with E-state index >= 15 is 0 Å². The molecule has 17 aromatic rings. The summed E-state index contributed by atoms with van der Waals surface area (Å²) < 4.78 is 9.81. The molecule has 3 heterocycles. The van der Waals surface area contributed by atoms with E-state index in [1.165, 1.54) is 96.2 Å². The Morgan fingerprint density at radius 1 is 0.329 bits per heavy atom. The van der Waals surface area contributed by atoms with Crippen LogP contribution < -0.4 is 4.58 Å². The highest BCUT2D eigenvalue weighted by atomic mass is 32.1. The van der Waals surface area contributed by atoms with Gasteiger partial charge in [0.25, 0.3) is 0 Å². The van der Waals surface area contributed by atoms with E-state index in [-0.39, 0.29) is 0 Å². The van der Waals surface area contributed by atoms with Crippen LogP contribution in [0.25, 0.3) is 151 Å². The molecule has 0 saturated carbocycles. The molecule has 82 heavy (non-hydrogen) atoms. The van der Waals surface area contributed by atoms with Gasteiger partial charge in [0.1, 0.15) is 11.9 Å². The fourth-order valence-electron chi connectivity index (χ4n) is 13.7. The number of rotatable bonds is 7. The van der Waals surface area contributed by atoms with Gasteiger partial charge in [0.05, 0.1) is 27.5 Å². The maximum atomic E-state index is 4.95. The van der Waals surface area contributed by atoms with E-state index in [0.717, 1.165) is 72.1 Å². The number of fused-ring (bicyclic) bond motifs is 18. The summed E-state index contributed by atoms with van der Waals surface area (Å²) in [6, 6.07) is 96.3. The number of para-hydroxylation sites is 2. The van der Waals surface area contributed by atoms with Crippen LogP contribution in [0.5, 0.6) is 0 Å². The molecule has 0 fully saturated rings. The van der Waals surface area contributed by atoms with Crippen LogP contribution >= 0.6 is 11.3 Å². The van der Waals surface area contributed by atoms with Gasteiger partial charge in [-0.05, 0) is 157 Å². The Labute approximate surface area is 476 Å². The minimum absolute atomic E-state index is 0.844. The first-order valence-corrected chi connectivity index (χ1v) is 28.9. The monoisotopic (exact) mass is 1060 g/mol. The maximum absolute atomic E-state index is 4.95. The predicted molar refractivity (Wildman–Crippen MR) is 355 cm³/mol. The highest BCUT2D eigenvalue weighted by Crippen LogP contribution is 2.48. The largest absolute Gasteiger partial charge is 0.309 e. The molecule has 0 aliphatic heterocycles. The molecule has 0 spiro atoms. The van der Waals surface area contributed by atoms with Crippen LogP contribution in [0.15, 0.2) is 266 Å². The molecule has 0 aliphatic carbocycles. The first kappa shape index (κ1) is 46.5. The van der Waals surface area contributed by atoms with E-state index in [4.69, 9.17) is 4.99 Å². The van der Waals surface area contributed by atoms with Crippen molar-refractivity contribution in [3.05, 3.63) is 261 Å². The van der Waals surface area contributed by atoms with Crippen molar-refractivity contribution in [2.24, 2.45) is 4.99 Å². The van der Waals surface area contributed by atoms with Crippen molar-refractivity contribution in [3.63, 3.8) is 0 Å². The quantitative estimate of drug-likeness (QED) is 0.0863. The third-order valence-corrected chi connectivity index (χ3v) is 18.5. The molecule has 0 amide bonds. The number of aromatic nitrogens is 2. The average Bonchev–Trinajstić information content (AvgIpc) is 3.17. The van der Waals surface area contributed by atoms with Crippen LogP contribution in [-0.2, 0) is 0 Å². The fourth-order valence-corrected chi connectivity index (χ4v) is 14.8. The molecule has 0 radical (unpaired) electrons. The highest BCUT2D eigenvalue weighted by molar-refractivity contribution is 7.25. The van der Waals surface area contributed by atoms with E-state index in [1.54, 1.807) is 0 Å². The molecule has 0 bridgehead atoms. The van der Waals surface area contributed by atoms with Crippen molar-refractivity contribution in [2.45, 2.75) is 6.92 Å². The molecule has 382 valence electrons. The normalized spacial score (nSPS) is 12.3. The lowest BCUT2D eigenvalue weighted by Crippen LogP contribution is -2.06. The van der Waals surface area contributed by atoms with Crippen LogP contribution in [0.3, 0.4) is 0 Å². The second-order valence-corrected chi connectivity index (χ2v) is 22.7. The SMILES string of the molecule is C=Nc1c([N+](=CC)c2ccc3c(c2)c2ccccc2n3-c2ccc3c(c2)c2ccccc2n3-c2ccc3sc4ccccc4c3c2)c2ccccc2c2ccc(-c3cccc(-c4ccc5c6ccccc6c6ccccc6c5c4)c3)cc12. The Balaban J connectivity index is 0.784. The van der Waals surface area contributed by atoms with Crippen LogP contribution in [-0.4, -0.2) is 22.1 Å². The Kier molecular flexibility index (Phi) is 10.2. The molecule has 0 aliphatic rings. The zero-order chi connectivity index (χ0) is 54.2. The second-order valence-electron chi connectivity index (χ2n) is 21.6. The molecule has 0 unspecified atom stereocenters. The highest BCUT2D eigenvalue weighted by Gasteiger charge is 2.27. The second kappa shape index (κ2) is 18.0. The molecular formula is C77H49N4S+. The lowest BCUT2D eigenvalue weighted by atomic mass is 9.91. The number of nitrogens with zero attached hydrogens (tertiary/aromatic N) is 4. The van der Waals surface area contributed by atoms with Gasteiger partial charge in [-0.15, -0.1) is 11.3 Å². The average molecular weight is 1060 g/mol. The van der Waals surface area contributed by atoms with E-state index in [2.05, 4.69) is 294 Å². The van der Waals surface area contributed by atoms with Gasteiger partial charge in [0, 0.05) is 77.5 Å². The molecule has 0 saturated heterocycles. The van der Waals surface area contributed by atoms with Gasteiger partial charge in [-0.25, -0.2) is 0 Å². The van der Waals surface area contributed by atoms with Gasteiger partial charge >= 0.3 is 0 Å². The van der Waals surface area contributed by atoms with E-state index < -0.39 is 0 Å². The lowest BCUT2D eigenvalue weighted by molar-refractivity contribution is 1.11. The summed E-state index contributed by atoms with van der Waals surface area (Å²) in [6.07, 6.45) is 2.17. The smallest absolute Gasteiger partial charge is 0.245 e. The number of hydrogen-bond acceptors (Lipinski definition) is 2. The third-order valence-electron chi connectivity index (χ3n) is 17.4. The lowest BCUT2D eigenvalue weighted by Gasteiger charge is -2.15. The van der Waals surface area contributed by atoms with Gasteiger partial charge in [0.2, 0.25) is 11.4 Å². The minimum Gasteiger partial charge on any atom is -0.309 e. The Bertz CT molecular complexity index is 5600. The van der Waals surface area contributed by atoms with Crippen LogP contribution in [0.2, 0.25) is 0 Å². The summed E-state index contributed by atoms with van der Waals surface area (Å²) in [6.45, 7) is 6.41. The van der Waals surface area contributed by atoms with Crippen molar-refractivity contribution in [3.8, 4) is 33.6 Å². The van der Waals surface area contributed by atoms with Crippen molar-refractivity contribution in [1.29, 1.82) is 0 Å². The van der Waals surface area contributed by atoms with Crippen molar-refractivity contribution < 1.29 is 0 Å². The Morgan fingerprint density at radius 2 is 0.768 bits per heavy atom. The first-order valence-electron chi connectivity index (χ1n) is 28.0. The maximum Gasteiger partial charge on any atom is 0.245 e. The van der Waals surface area contributed by atoms with E-state index in [9.17, 15) is 0 Å². The van der Waals surface area contributed by atoms with Gasteiger partial charge in [-0.3, -0.25) is 4.99 Å². The summed E-state index contributed by atoms with van der Waals surface area (Å²) in [5, 5.41) is 19.5. The minimum atomic E-state index is 0.844. The van der Waals surface area contributed by atoms with Crippen molar-refractivity contribution >= 4 is 159 Å². The van der Waals surface area contributed by atoms with E-state index in [0.29, 0.717) is 0 Å². The van der Waals surface area contributed by atoms with Gasteiger partial charge < -0.3 is 9.13 Å². The Hall–Kier alpha value is -10.5. The molecule has 4 nitrogen and oxygen atoms in total. The Morgan fingerprint density at radius 3 is 1.39 bits per heavy atom. The predicted octanol–water partition coefficient (Wildman–Crippen LogP) is 21.6. The molecule has 5 heteroatoms. The van der Waals surface area contributed by atoms with Crippen molar-refractivity contribution in [1.82, 2.24) is 13.7 Å². The third kappa shape index (κ3) is 6.84. The molecule has 0 atom stereocenters. The van der Waals surface area contributed by atoms with Crippen molar-refractivity contribution in [2.75, 3.05) is 0 Å². The standard InChI is InChI=1S/C77H49N4S/c1-3-79(51-33-38-72-66(44-51)61-24-10-13-28-70(61)80(72)52-34-39-73-67(45-52)62-25-11-14-29-71(62)81(73)53-35-40-75-68(46-53)63-26-12-15-30-74(63)82-75)77-64-27-9-8-22-57(64)60-37-32-50(43-69(60)76(77)78-2)48-18-16-17-47(41-48)49-31-36-59-56-21-5-4-19-54(56)55-20-6-7-23-58(55)65(59)42-49/h3-46H,2H2,1H3/q+1. The van der Waals surface area contributed by atoms with E-state index in [1.807, 2.05) is 11.3 Å². The molecule has 3 aromatic heterocycles. The summed E-state index contributed by atoms with van der Waals surface area (Å²) >= 11 is 1.86. The molecule has 17 rings (SSSR count). The van der Waals surface area contributed by atoms with Crippen LogP contribution in [0.1, 0.15) is 6.92 Å². The molecule has 14 aromatic carbocycles. The van der Waals surface area contributed by atoms with Gasteiger partial charge in [0.15, 0.2) is 0 Å². The fraction of sp³-hybridized carbons (Fsp3) is 0.0130. The van der Waals surface area contributed by atoms with Crippen LogP contribution in [0.4, 0.5) is 17.1 Å². The zero-order valence-electron chi connectivity index (χ0n) is 44.8.